The summed E-state index contributed by atoms with van der Waals surface area (Å²) in [7, 11) is 3.90. The molecule has 1 unspecified atom stereocenters. The third kappa shape index (κ3) is 8.02. The molecule has 2 aromatic carbocycles. The number of carbonyl (C=O) groups is 3. The Balaban J connectivity index is 1.78. The summed E-state index contributed by atoms with van der Waals surface area (Å²) in [5, 5.41) is 2.87. The minimum Gasteiger partial charge on any atom is -0.469 e. The van der Waals surface area contributed by atoms with E-state index in [2.05, 4.69) is 10.1 Å². The highest BCUT2D eigenvalue weighted by molar-refractivity contribution is 6.03. The van der Waals surface area contributed by atoms with Crippen LogP contribution in [0, 0.1) is 5.41 Å². The average Bonchev–Trinajstić information content (AvgIpc) is 2.97. The SMILES string of the molecule is CCC[C@@H](NC(=O)N1C(=O)C(CC)(CC)C1Oc1ccc(C(=O)N(CC)CCN(C)C)cc1)c1ccc(OC(F)(F)F)cc1. The summed E-state index contributed by atoms with van der Waals surface area (Å²) in [6.07, 6.45) is -3.64. The van der Waals surface area contributed by atoms with Crippen LogP contribution < -0.4 is 14.8 Å². The number of halogens is 3. The Morgan fingerprint density at radius 3 is 2.05 bits per heavy atom. The summed E-state index contributed by atoms with van der Waals surface area (Å²) in [6.45, 7) is 9.47. The van der Waals surface area contributed by atoms with Crippen LogP contribution in [0.15, 0.2) is 48.5 Å². The lowest BCUT2D eigenvalue weighted by atomic mass is 9.72. The van der Waals surface area contributed by atoms with Crippen LogP contribution in [0.3, 0.4) is 0 Å². The Hall–Kier alpha value is -3.80. The van der Waals surface area contributed by atoms with Crippen LogP contribution in [0.4, 0.5) is 18.0 Å². The Bertz CT molecular complexity index is 1260. The molecule has 2 atom stereocenters. The number of β-lactam (4-membered cyclic amide) rings is 1. The molecule has 3 rings (SSSR count). The molecule has 1 fully saturated rings. The second-order valence-corrected chi connectivity index (χ2v) is 11.1. The van der Waals surface area contributed by atoms with Gasteiger partial charge in [-0.25, -0.2) is 9.69 Å². The van der Waals surface area contributed by atoms with Crippen LogP contribution in [-0.4, -0.2) is 78.9 Å². The molecule has 1 aliphatic heterocycles. The molecule has 44 heavy (non-hydrogen) atoms. The molecule has 12 heteroatoms. The molecule has 0 radical (unpaired) electrons. The third-order valence-corrected chi connectivity index (χ3v) is 8.06. The molecule has 9 nitrogen and oxygen atoms in total. The van der Waals surface area contributed by atoms with E-state index in [-0.39, 0.29) is 17.6 Å². The summed E-state index contributed by atoms with van der Waals surface area (Å²) in [5.41, 5.74) is 0.168. The van der Waals surface area contributed by atoms with Crippen LogP contribution in [0.1, 0.15) is 75.3 Å². The van der Waals surface area contributed by atoms with Gasteiger partial charge in [0.05, 0.1) is 6.04 Å². The van der Waals surface area contributed by atoms with Gasteiger partial charge in [-0.3, -0.25) is 9.59 Å². The molecule has 242 valence electrons. The smallest absolute Gasteiger partial charge is 0.469 e. The number of imide groups is 1. The Kier molecular flexibility index (Phi) is 11.7. The number of urea groups is 1. The first-order valence-corrected chi connectivity index (χ1v) is 15.0. The number of hydrogen-bond acceptors (Lipinski definition) is 6. The highest BCUT2D eigenvalue weighted by Gasteiger charge is 2.63. The second-order valence-electron chi connectivity index (χ2n) is 11.1. The van der Waals surface area contributed by atoms with Gasteiger partial charge >= 0.3 is 12.4 Å². The number of ether oxygens (including phenoxy) is 2. The number of benzene rings is 2. The zero-order chi connectivity index (χ0) is 32.7. The molecule has 1 N–H and O–H groups in total. The molecule has 0 bridgehead atoms. The maximum absolute atomic E-state index is 13.5. The number of carbonyl (C=O) groups excluding carboxylic acids is 3. The number of rotatable bonds is 14. The molecule has 1 heterocycles. The predicted octanol–water partition coefficient (Wildman–Crippen LogP) is 6.21. The minimum absolute atomic E-state index is 0.0999. The van der Waals surface area contributed by atoms with Gasteiger partial charge in [-0.05, 0) is 82.2 Å². The maximum atomic E-state index is 13.5. The molecular formula is C32H43F3N4O5. The van der Waals surface area contributed by atoms with Gasteiger partial charge in [0.15, 0.2) is 6.23 Å². The van der Waals surface area contributed by atoms with Crippen molar-refractivity contribution in [2.24, 2.45) is 5.41 Å². The summed E-state index contributed by atoms with van der Waals surface area (Å²) in [5.74, 6) is -0.420. The molecule has 1 aliphatic rings. The second kappa shape index (κ2) is 14.8. The molecule has 0 aliphatic carbocycles. The van der Waals surface area contributed by atoms with Crippen molar-refractivity contribution in [1.29, 1.82) is 0 Å². The van der Waals surface area contributed by atoms with Crippen molar-refractivity contribution in [3.63, 3.8) is 0 Å². The lowest BCUT2D eigenvalue weighted by Gasteiger charge is -2.53. The average molecular weight is 621 g/mol. The maximum Gasteiger partial charge on any atom is 0.573 e. The summed E-state index contributed by atoms with van der Waals surface area (Å²) in [4.78, 5) is 44.8. The van der Waals surface area contributed by atoms with Crippen LogP contribution >= 0.6 is 0 Å². The van der Waals surface area contributed by atoms with Crippen molar-refractivity contribution in [3.05, 3.63) is 59.7 Å². The minimum atomic E-state index is -4.81. The van der Waals surface area contributed by atoms with E-state index in [0.29, 0.717) is 55.6 Å². The number of nitrogens with zero attached hydrogens (tertiary/aromatic N) is 3. The Morgan fingerprint density at radius 1 is 0.955 bits per heavy atom. The third-order valence-electron chi connectivity index (χ3n) is 8.06. The van der Waals surface area contributed by atoms with Crippen molar-refractivity contribution in [3.8, 4) is 11.5 Å². The largest absolute Gasteiger partial charge is 0.573 e. The number of nitrogens with one attached hydrogen (secondary N) is 1. The van der Waals surface area contributed by atoms with E-state index in [1.165, 1.54) is 24.3 Å². The fraction of sp³-hybridized carbons (Fsp3) is 0.531. The van der Waals surface area contributed by atoms with E-state index in [1.54, 1.807) is 29.2 Å². The van der Waals surface area contributed by atoms with Crippen molar-refractivity contribution >= 4 is 17.8 Å². The summed E-state index contributed by atoms with van der Waals surface area (Å²) in [6, 6.07) is 10.7. The van der Waals surface area contributed by atoms with Gasteiger partial charge in [0.2, 0.25) is 5.91 Å². The molecule has 0 spiro atoms. The first kappa shape index (κ1) is 34.7. The van der Waals surface area contributed by atoms with Crippen molar-refractivity contribution in [1.82, 2.24) is 20.0 Å². The number of alkyl halides is 3. The Morgan fingerprint density at radius 2 is 1.55 bits per heavy atom. The van der Waals surface area contributed by atoms with Gasteiger partial charge < -0.3 is 24.6 Å². The normalized spacial score (nSPS) is 16.7. The highest BCUT2D eigenvalue weighted by Crippen LogP contribution is 2.46. The molecule has 0 aromatic heterocycles. The highest BCUT2D eigenvalue weighted by atomic mass is 19.4. The van der Waals surface area contributed by atoms with Gasteiger partial charge in [0.1, 0.15) is 16.9 Å². The van der Waals surface area contributed by atoms with Crippen molar-refractivity contribution < 1.29 is 37.0 Å². The fourth-order valence-electron chi connectivity index (χ4n) is 5.34. The molecule has 2 aromatic rings. The van der Waals surface area contributed by atoms with Crippen LogP contribution in [0.2, 0.25) is 0 Å². The fourth-order valence-corrected chi connectivity index (χ4v) is 5.34. The quantitative estimate of drug-likeness (QED) is 0.253. The van der Waals surface area contributed by atoms with Crippen LogP contribution in [0.25, 0.3) is 0 Å². The lowest BCUT2D eigenvalue weighted by molar-refractivity contribution is -0.274. The van der Waals surface area contributed by atoms with E-state index in [1.807, 2.05) is 46.7 Å². The summed E-state index contributed by atoms with van der Waals surface area (Å²) < 4.78 is 48.0. The van der Waals surface area contributed by atoms with Crippen LogP contribution in [-0.2, 0) is 4.79 Å². The zero-order valence-corrected chi connectivity index (χ0v) is 26.2. The monoisotopic (exact) mass is 620 g/mol. The number of hydrogen-bond donors (Lipinski definition) is 1. The first-order chi connectivity index (χ1) is 20.8. The molecule has 1 saturated heterocycles. The molecule has 4 amide bonds. The topological polar surface area (TPSA) is 91.4 Å². The van der Waals surface area contributed by atoms with E-state index in [0.717, 1.165) is 11.4 Å². The van der Waals surface area contributed by atoms with E-state index < -0.39 is 30.1 Å². The standard InChI is InChI=1S/C32H43F3N4O5/c1-7-11-26(22-12-18-25(19-13-22)44-32(33,34)35)36-30(42)39-28(41)31(8-2,9-3)29(39)43-24-16-14-23(15-17-24)27(40)38(10-4)21-20-37(5)6/h12-19,26,29H,7-11,20-21H2,1-6H3,(H,36,42)/t26-,29?/m1/s1. The van der Waals surface area contributed by atoms with E-state index >= 15 is 0 Å². The van der Waals surface area contributed by atoms with Gasteiger partial charge in [0.25, 0.3) is 5.91 Å². The lowest BCUT2D eigenvalue weighted by Crippen LogP contribution is -2.73. The van der Waals surface area contributed by atoms with Gasteiger partial charge in [-0.1, -0.05) is 39.3 Å². The van der Waals surface area contributed by atoms with E-state index in [9.17, 15) is 27.6 Å². The van der Waals surface area contributed by atoms with E-state index in [4.69, 9.17) is 4.74 Å². The van der Waals surface area contributed by atoms with Gasteiger partial charge in [0, 0.05) is 25.2 Å². The number of likely N-dealkylation sites (N-methyl/N-ethyl adjacent to an activating group) is 2. The van der Waals surface area contributed by atoms with Crippen molar-refractivity contribution in [2.45, 2.75) is 72.0 Å². The number of likely N-dealkylation sites (tertiary alicyclic amines) is 1. The Labute approximate surface area is 257 Å². The zero-order valence-electron chi connectivity index (χ0n) is 26.2. The number of amides is 4. The predicted molar refractivity (Wildman–Crippen MR) is 160 cm³/mol. The van der Waals surface area contributed by atoms with Crippen LogP contribution in [0.5, 0.6) is 11.5 Å². The molecule has 0 saturated carbocycles. The first-order valence-electron chi connectivity index (χ1n) is 15.0. The molecular weight excluding hydrogens is 577 g/mol. The van der Waals surface area contributed by atoms with Gasteiger partial charge in [-0.2, -0.15) is 0 Å². The van der Waals surface area contributed by atoms with Gasteiger partial charge in [-0.15, -0.1) is 13.2 Å². The summed E-state index contributed by atoms with van der Waals surface area (Å²) >= 11 is 0. The van der Waals surface area contributed by atoms with Crippen molar-refractivity contribution in [2.75, 3.05) is 33.7 Å².